The third-order valence-corrected chi connectivity index (χ3v) is 4.76. The number of nitrogens with one attached hydrogen (secondary N) is 2. The van der Waals surface area contributed by atoms with Crippen LogP contribution < -0.4 is 10.6 Å². The van der Waals surface area contributed by atoms with E-state index in [1.54, 1.807) is 0 Å². The predicted molar refractivity (Wildman–Crippen MR) is 136 cm³/mol. The van der Waals surface area contributed by atoms with E-state index >= 15 is 0 Å². The highest BCUT2D eigenvalue weighted by Gasteiger charge is 2.15. The van der Waals surface area contributed by atoms with Gasteiger partial charge in [0.25, 0.3) is 0 Å². The van der Waals surface area contributed by atoms with Gasteiger partial charge in [-0.3, -0.25) is 10.3 Å². The monoisotopic (exact) mass is 432 g/mol. The van der Waals surface area contributed by atoms with Crippen LogP contribution in [0.3, 0.4) is 0 Å². The molecule has 2 atom stereocenters. The van der Waals surface area contributed by atoms with Crippen molar-refractivity contribution in [2.45, 2.75) is 26.2 Å². The number of aryl methyl sites for hydroxylation is 1. The van der Waals surface area contributed by atoms with Crippen LogP contribution in [0.4, 0.5) is 5.69 Å². The van der Waals surface area contributed by atoms with Crippen LogP contribution in [0.1, 0.15) is 23.6 Å². The number of hydrogen-bond donors (Lipinski definition) is 3. The van der Waals surface area contributed by atoms with Crippen molar-refractivity contribution in [3.05, 3.63) is 102 Å². The first-order valence-electron chi connectivity index (χ1n) is 10.9. The van der Waals surface area contributed by atoms with Crippen molar-refractivity contribution in [1.82, 2.24) is 10.2 Å². The highest BCUT2D eigenvalue weighted by molar-refractivity contribution is 6.12. The standard InChI is InChI=1S/C26H32N4.CH4O/c1-20-12-11-17-24(18-20)27-21(2)28-25(19-30(3)4)29-26(22-13-7-5-8-14-22)23-15-9-6-10-16-23;1-2/h5-18,21,25,27-28H,19H2,1-4H3;2H,1H3/t21?,25-;/m1./s1. The zero-order valence-electron chi connectivity index (χ0n) is 19.8. The van der Waals surface area contributed by atoms with Gasteiger partial charge in [-0.25, -0.2) is 0 Å². The fourth-order valence-corrected chi connectivity index (χ4v) is 3.46. The van der Waals surface area contributed by atoms with Crippen molar-refractivity contribution in [3.8, 4) is 0 Å². The van der Waals surface area contributed by atoms with E-state index in [2.05, 4.69) is 116 Å². The molecule has 5 nitrogen and oxygen atoms in total. The molecule has 0 amide bonds. The van der Waals surface area contributed by atoms with Crippen LogP contribution in [0, 0.1) is 6.92 Å². The molecule has 3 aromatic carbocycles. The Morgan fingerprint density at radius 2 is 1.44 bits per heavy atom. The molecule has 0 heterocycles. The first-order chi connectivity index (χ1) is 15.5. The van der Waals surface area contributed by atoms with Crippen molar-refractivity contribution in [2.75, 3.05) is 33.1 Å². The average molecular weight is 433 g/mol. The molecule has 0 saturated carbocycles. The fourth-order valence-electron chi connectivity index (χ4n) is 3.46. The van der Waals surface area contributed by atoms with Crippen LogP contribution >= 0.6 is 0 Å². The first-order valence-corrected chi connectivity index (χ1v) is 10.9. The molecule has 0 aliphatic carbocycles. The van der Waals surface area contributed by atoms with E-state index in [0.29, 0.717) is 0 Å². The van der Waals surface area contributed by atoms with Crippen molar-refractivity contribution in [3.63, 3.8) is 0 Å². The second-order valence-corrected chi connectivity index (χ2v) is 7.89. The molecular formula is C27H36N4O. The Labute approximate surface area is 192 Å². The molecule has 3 rings (SSSR count). The van der Waals surface area contributed by atoms with Crippen molar-refractivity contribution in [1.29, 1.82) is 0 Å². The van der Waals surface area contributed by atoms with E-state index in [9.17, 15) is 0 Å². The first kappa shape index (κ1) is 25.3. The number of likely N-dealkylation sites (N-methyl/N-ethyl adjacent to an activating group) is 1. The van der Waals surface area contributed by atoms with Gasteiger partial charge in [0.2, 0.25) is 0 Å². The molecule has 0 radical (unpaired) electrons. The molecule has 0 aliphatic rings. The zero-order valence-corrected chi connectivity index (χ0v) is 19.8. The predicted octanol–water partition coefficient (Wildman–Crippen LogP) is 4.38. The highest BCUT2D eigenvalue weighted by Crippen LogP contribution is 2.14. The lowest BCUT2D eigenvalue weighted by atomic mass is 10.0. The van der Waals surface area contributed by atoms with Crippen LogP contribution in [-0.2, 0) is 0 Å². The molecule has 0 aliphatic heterocycles. The molecule has 0 aromatic heterocycles. The summed E-state index contributed by atoms with van der Waals surface area (Å²) < 4.78 is 0. The molecule has 5 heteroatoms. The summed E-state index contributed by atoms with van der Waals surface area (Å²) in [6, 6.07) is 29.2. The Balaban J connectivity index is 0.00000176. The second kappa shape index (κ2) is 13.4. The topological polar surface area (TPSA) is 59.9 Å². The summed E-state index contributed by atoms with van der Waals surface area (Å²) in [7, 11) is 5.15. The Morgan fingerprint density at radius 3 is 1.94 bits per heavy atom. The summed E-state index contributed by atoms with van der Waals surface area (Å²) in [6.45, 7) is 5.03. The smallest absolute Gasteiger partial charge is 0.115 e. The van der Waals surface area contributed by atoms with E-state index in [4.69, 9.17) is 10.1 Å². The average Bonchev–Trinajstić information content (AvgIpc) is 2.79. The van der Waals surface area contributed by atoms with E-state index in [-0.39, 0.29) is 12.3 Å². The molecule has 0 saturated heterocycles. The zero-order chi connectivity index (χ0) is 23.3. The summed E-state index contributed by atoms with van der Waals surface area (Å²) >= 11 is 0. The third-order valence-electron chi connectivity index (χ3n) is 4.76. The largest absolute Gasteiger partial charge is 0.400 e. The van der Waals surface area contributed by atoms with Gasteiger partial charge >= 0.3 is 0 Å². The summed E-state index contributed by atoms with van der Waals surface area (Å²) in [4.78, 5) is 7.34. The number of aliphatic hydroxyl groups is 1. The van der Waals surface area contributed by atoms with Crippen LogP contribution in [0.5, 0.6) is 0 Å². The molecule has 0 bridgehead atoms. The maximum absolute atomic E-state index is 7.00. The molecule has 32 heavy (non-hydrogen) atoms. The SMILES string of the molecule is CO.Cc1cccc(NC(C)N[C@@H](CN(C)C)N=C(c2ccccc2)c2ccccc2)c1. The minimum absolute atomic E-state index is 0.0632. The number of aliphatic hydroxyl groups excluding tert-OH is 1. The molecule has 0 spiro atoms. The van der Waals surface area contributed by atoms with E-state index in [1.165, 1.54) is 5.56 Å². The number of benzene rings is 3. The van der Waals surface area contributed by atoms with E-state index < -0.39 is 0 Å². The minimum atomic E-state index is -0.0669. The second-order valence-electron chi connectivity index (χ2n) is 7.89. The van der Waals surface area contributed by atoms with Crippen molar-refractivity contribution < 1.29 is 5.11 Å². The van der Waals surface area contributed by atoms with Crippen LogP contribution in [0.2, 0.25) is 0 Å². The van der Waals surface area contributed by atoms with Gasteiger partial charge in [0.1, 0.15) is 6.17 Å². The normalized spacial score (nSPS) is 12.3. The molecular weight excluding hydrogens is 396 g/mol. The lowest BCUT2D eigenvalue weighted by molar-refractivity contribution is 0.332. The summed E-state index contributed by atoms with van der Waals surface area (Å²) in [6.07, 6.45) is -0.00369. The number of rotatable bonds is 9. The number of anilines is 1. The summed E-state index contributed by atoms with van der Waals surface area (Å²) in [5, 5.41) is 14.2. The van der Waals surface area contributed by atoms with E-state index in [0.717, 1.165) is 36.2 Å². The van der Waals surface area contributed by atoms with Crippen molar-refractivity contribution >= 4 is 11.4 Å². The maximum Gasteiger partial charge on any atom is 0.115 e. The molecule has 170 valence electrons. The van der Waals surface area contributed by atoms with Crippen molar-refractivity contribution in [2.24, 2.45) is 4.99 Å². The van der Waals surface area contributed by atoms with Crippen LogP contribution in [-0.4, -0.2) is 55.8 Å². The van der Waals surface area contributed by atoms with Gasteiger partial charge in [-0.1, -0.05) is 72.8 Å². The van der Waals surface area contributed by atoms with Gasteiger partial charge in [-0.05, 0) is 45.6 Å². The Bertz CT molecular complexity index is 901. The molecule has 3 aromatic rings. The number of aliphatic imine (C=N–C) groups is 1. The Kier molecular flexibility index (Phi) is 10.6. The number of nitrogens with zero attached hydrogens (tertiary/aromatic N) is 2. The fraction of sp³-hybridized carbons (Fsp3) is 0.296. The quantitative estimate of drug-likeness (QED) is 0.347. The van der Waals surface area contributed by atoms with Gasteiger partial charge in [0.05, 0.1) is 11.9 Å². The highest BCUT2D eigenvalue weighted by atomic mass is 16.2. The molecule has 0 fully saturated rings. The Hall–Kier alpha value is -2.99. The molecule has 1 unspecified atom stereocenters. The van der Waals surface area contributed by atoms with Gasteiger partial charge in [0.15, 0.2) is 0 Å². The number of hydrogen-bond acceptors (Lipinski definition) is 5. The summed E-state index contributed by atoms with van der Waals surface area (Å²) in [5.41, 5.74) is 5.58. The summed E-state index contributed by atoms with van der Waals surface area (Å²) in [5.74, 6) is 0. The third kappa shape index (κ3) is 8.27. The minimum Gasteiger partial charge on any atom is -0.400 e. The Morgan fingerprint density at radius 1 is 0.875 bits per heavy atom. The van der Waals surface area contributed by atoms with Gasteiger partial charge < -0.3 is 15.3 Å². The van der Waals surface area contributed by atoms with E-state index in [1.807, 2.05) is 12.1 Å². The lowest BCUT2D eigenvalue weighted by Crippen LogP contribution is -2.45. The lowest BCUT2D eigenvalue weighted by Gasteiger charge is -2.25. The molecule has 3 N–H and O–H groups in total. The van der Waals surface area contributed by atoms with Gasteiger partial charge in [-0.2, -0.15) is 0 Å². The van der Waals surface area contributed by atoms with Gasteiger partial charge in [-0.15, -0.1) is 0 Å². The van der Waals surface area contributed by atoms with Gasteiger partial charge in [0, 0.05) is 30.5 Å². The van der Waals surface area contributed by atoms with Crippen LogP contribution in [0.25, 0.3) is 0 Å². The maximum atomic E-state index is 7.00. The van der Waals surface area contributed by atoms with Crippen LogP contribution in [0.15, 0.2) is 89.9 Å².